The summed E-state index contributed by atoms with van der Waals surface area (Å²) >= 11 is 2.26. The van der Waals surface area contributed by atoms with Gasteiger partial charge in [0.15, 0.2) is 5.76 Å². The van der Waals surface area contributed by atoms with E-state index in [4.69, 9.17) is 9.26 Å². The average Bonchev–Trinajstić information content (AvgIpc) is 2.68. The quantitative estimate of drug-likeness (QED) is 0.797. The SMILES string of the molecule is COC(Cc1onc(C)c1I)c1ccccc1. The lowest BCUT2D eigenvalue weighted by Gasteiger charge is -2.14. The van der Waals surface area contributed by atoms with Gasteiger partial charge >= 0.3 is 0 Å². The van der Waals surface area contributed by atoms with E-state index < -0.39 is 0 Å². The molecule has 1 heterocycles. The second kappa shape index (κ2) is 5.64. The molecule has 1 atom stereocenters. The van der Waals surface area contributed by atoms with Gasteiger partial charge in [0.1, 0.15) is 0 Å². The number of hydrogen-bond acceptors (Lipinski definition) is 3. The first-order valence-electron chi connectivity index (χ1n) is 5.40. The topological polar surface area (TPSA) is 35.3 Å². The summed E-state index contributed by atoms with van der Waals surface area (Å²) in [7, 11) is 1.72. The second-order valence-electron chi connectivity index (χ2n) is 3.84. The highest BCUT2D eigenvalue weighted by molar-refractivity contribution is 14.1. The molecule has 0 radical (unpaired) electrons. The molecule has 90 valence electrons. The number of aromatic nitrogens is 1. The summed E-state index contributed by atoms with van der Waals surface area (Å²) in [6.07, 6.45) is 0.719. The van der Waals surface area contributed by atoms with Crippen molar-refractivity contribution in [3.8, 4) is 0 Å². The van der Waals surface area contributed by atoms with E-state index in [9.17, 15) is 0 Å². The van der Waals surface area contributed by atoms with Gasteiger partial charge in [0.25, 0.3) is 0 Å². The van der Waals surface area contributed by atoms with Crippen LogP contribution in [0.2, 0.25) is 0 Å². The van der Waals surface area contributed by atoms with Gasteiger partial charge in [-0.05, 0) is 35.1 Å². The third-order valence-electron chi connectivity index (χ3n) is 2.68. The number of methoxy groups -OCH3 is 1. The molecule has 1 unspecified atom stereocenters. The Morgan fingerprint density at radius 2 is 2.06 bits per heavy atom. The summed E-state index contributed by atoms with van der Waals surface area (Å²) in [6.45, 7) is 1.94. The van der Waals surface area contributed by atoms with Crippen molar-refractivity contribution >= 4 is 22.6 Å². The van der Waals surface area contributed by atoms with Crippen LogP contribution >= 0.6 is 22.6 Å². The molecular weight excluding hydrogens is 329 g/mol. The molecule has 1 aromatic heterocycles. The van der Waals surface area contributed by atoms with Crippen molar-refractivity contribution in [2.75, 3.05) is 7.11 Å². The van der Waals surface area contributed by atoms with E-state index in [1.807, 2.05) is 25.1 Å². The summed E-state index contributed by atoms with van der Waals surface area (Å²) in [5, 5.41) is 3.96. The molecule has 0 amide bonds. The zero-order valence-corrected chi connectivity index (χ0v) is 12.0. The summed E-state index contributed by atoms with van der Waals surface area (Å²) in [5.74, 6) is 0.888. The van der Waals surface area contributed by atoms with E-state index >= 15 is 0 Å². The number of halogens is 1. The molecule has 0 spiro atoms. The van der Waals surface area contributed by atoms with Crippen LogP contribution in [0.3, 0.4) is 0 Å². The van der Waals surface area contributed by atoms with Crippen molar-refractivity contribution < 1.29 is 9.26 Å². The summed E-state index contributed by atoms with van der Waals surface area (Å²) in [6, 6.07) is 10.1. The number of aryl methyl sites for hydroxylation is 1. The van der Waals surface area contributed by atoms with Crippen LogP contribution in [0.4, 0.5) is 0 Å². The van der Waals surface area contributed by atoms with Gasteiger partial charge in [-0.25, -0.2) is 0 Å². The van der Waals surface area contributed by atoms with Crippen molar-refractivity contribution in [2.45, 2.75) is 19.4 Å². The highest BCUT2D eigenvalue weighted by Crippen LogP contribution is 2.25. The van der Waals surface area contributed by atoms with E-state index in [1.165, 1.54) is 0 Å². The van der Waals surface area contributed by atoms with Crippen molar-refractivity contribution in [3.05, 3.63) is 50.9 Å². The molecule has 2 aromatic rings. The average molecular weight is 343 g/mol. The summed E-state index contributed by atoms with van der Waals surface area (Å²) in [5.41, 5.74) is 2.09. The molecule has 0 N–H and O–H groups in total. The lowest BCUT2D eigenvalue weighted by Crippen LogP contribution is -2.05. The van der Waals surface area contributed by atoms with Crippen LogP contribution in [-0.4, -0.2) is 12.3 Å². The van der Waals surface area contributed by atoms with Gasteiger partial charge in [0.2, 0.25) is 0 Å². The summed E-state index contributed by atoms with van der Waals surface area (Å²) in [4.78, 5) is 0. The molecule has 0 aliphatic rings. The van der Waals surface area contributed by atoms with Gasteiger partial charge in [-0.2, -0.15) is 0 Å². The fraction of sp³-hybridized carbons (Fsp3) is 0.308. The number of benzene rings is 1. The van der Waals surface area contributed by atoms with E-state index in [-0.39, 0.29) is 6.10 Å². The maximum absolute atomic E-state index is 5.51. The molecule has 0 aliphatic carbocycles. The van der Waals surface area contributed by atoms with Crippen LogP contribution in [0.15, 0.2) is 34.9 Å². The first kappa shape index (κ1) is 12.6. The minimum absolute atomic E-state index is 0.0112. The van der Waals surface area contributed by atoms with Crippen molar-refractivity contribution in [2.24, 2.45) is 0 Å². The Bertz CT molecular complexity index is 481. The Morgan fingerprint density at radius 3 is 2.59 bits per heavy atom. The van der Waals surface area contributed by atoms with Crippen molar-refractivity contribution in [3.63, 3.8) is 0 Å². The Labute approximate surface area is 114 Å². The van der Waals surface area contributed by atoms with Gasteiger partial charge in [-0.15, -0.1) is 0 Å². The standard InChI is InChI=1S/C13H14INO2/c1-9-13(14)12(17-15-9)8-11(16-2)10-6-4-3-5-7-10/h3-7,11H,8H2,1-2H3. The number of nitrogens with zero attached hydrogens (tertiary/aromatic N) is 1. The molecule has 0 saturated heterocycles. The minimum Gasteiger partial charge on any atom is -0.376 e. The molecule has 17 heavy (non-hydrogen) atoms. The smallest absolute Gasteiger partial charge is 0.153 e. The van der Waals surface area contributed by atoms with Crippen LogP contribution in [0, 0.1) is 10.5 Å². The van der Waals surface area contributed by atoms with E-state index in [1.54, 1.807) is 7.11 Å². The predicted molar refractivity (Wildman–Crippen MR) is 73.9 cm³/mol. The largest absolute Gasteiger partial charge is 0.376 e. The van der Waals surface area contributed by atoms with Crippen molar-refractivity contribution in [1.29, 1.82) is 0 Å². The van der Waals surface area contributed by atoms with Gasteiger partial charge in [0.05, 0.1) is 15.4 Å². The van der Waals surface area contributed by atoms with Gasteiger partial charge in [0, 0.05) is 13.5 Å². The lowest BCUT2D eigenvalue weighted by atomic mass is 10.1. The Hall–Kier alpha value is -0.880. The van der Waals surface area contributed by atoms with E-state index in [2.05, 4.69) is 39.9 Å². The molecular formula is C13H14INO2. The molecule has 1 aromatic carbocycles. The van der Waals surface area contributed by atoms with Gasteiger partial charge in [-0.3, -0.25) is 0 Å². The fourth-order valence-electron chi connectivity index (χ4n) is 1.71. The monoisotopic (exact) mass is 343 g/mol. The molecule has 0 aliphatic heterocycles. The predicted octanol–water partition coefficient (Wildman–Crippen LogP) is 3.52. The third-order valence-corrected chi connectivity index (χ3v) is 4.06. The maximum Gasteiger partial charge on any atom is 0.153 e. The van der Waals surface area contributed by atoms with Crippen LogP contribution in [-0.2, 0) is 11.2 Å². The van der Waals surface area contributed by atoms with Crippen LogP contribution in [0.1, 0.15) is 23.1 Å². The highest BCUT2D eigenvalue weighted by Gasteiger charge is 2.17. The third kappa shape index (κ3) is 2.87. The summed E-state index contributed by atoms with van der Waals surface area (Å²) < 4.78 is 11.9. The van der Waals surface area contributed by atoms with Crippen LogP contribution in [0.5, 0.6) is 0 Å². The molecule has 0 fully saturated rings. The van der Waals surface area contributed by atoms with Crippen LogP contribution < -0.4 is 0 Å². The second-order valence-corrected chi connectivity index (χ2v) is 4.92. The van der Waals surface area contributed by atoms with E-state index in [0.29, 0.717) is 6.42 Å². The number of ether oxygens (including phenoxy) is 1. The van der Waals surface area contributed by atoms with E-state index in [0.717, 1.165) is 20.6 Å². The zero-order valence-electron chi connectivity index (χ0n) is 9.81. The molecule has 0 saturated carbocycles. The molecule has 3 nitrogen and oxygen atoms in total. The van der Waals surface area contributed by atoms with Crippen molar-refractivity contribution in [1.82, 2.24) is 5.16 Å². The highest BCUT2D eigenvalue weighted by atomic mass is 127. The minimum atomic E-state index is 0.0112. The van der Waals surface area contributed by atoms with Crippen LogP contribution in [0.25, 0.3) is 0 Å². The lowest BCUT2D eigenvalue weighted by molar-refractivity contribution is 0.0967. The Balaban J connectivity index is 2.19. The Morgan fingerprint density at radius 1 is 1.35 bits per heavy atom. The Kier molecular flexibility index (Phi) is 4.17. The van der Waals surface area contributed by atoms with Gasteiger partial charge < -0.3 is 9.26 Å². The zero-order chi connectivity index (χ0) is 12.3. The normalized spacial score (nSPS) is 12.6. The molecule has 0 bridgehead atoms. The molecule has 4 heteroatoms. The first-order chi connectivity index (χ1) is 8.22. The number of rotatable bonds is 4. The maximum atomic E-state index is 5.51. The van der Waals surface area contributed by atoms with Gasteiger partial charge in [-0.1, -0.05) is 35.5 Å². The number of hydrogen-bond donors (Lipinski definition) is 0. The fourth-order valence-corrected chi connectivity index (χ4v) is 2.12. The molecule has 2 rings (SSSR count). The first-order valence-corrected chi connectivity index (χ1v) is 6.48.